The van der Waals surface area contributed by atoms with Gasteiger partial charge >= 0.3 is 0 Å². The van der Waals surface area contributed by atoms with Crippen LogP contribution in [0, 0.1) is 10.1 Å². The number of fused-ring (bicyclic) bond motifs is 1. The molecule has 0 radical (unpaired) electrons. The van der Waals surface area contributed by atoms with Crippen LogP contribution in [-0.4, -0.2) is 36.7 Å². The van der Waals surface area contributed by atoms with Crippen LogP contribution in [0.3, 0.4) is 0 Å². The average Bonchev–Trinajstić information content (AvgIpc) is 3.24. The highest BCUT2D eigenvalue weighted by Gasteiger charge is 2.10. The largest absolute Gasteiger partial charge is 0.351 e. The number of hydrogen-bond acceptors (Lipinski definition) is 6. The second-order valence-electron chi connectivity index (χ2n) is 7.24. The maximum Gasteiger partial charge on any atom is 0.269 e. The van der Waals surface area contributed by atoms with Crippen molar-refractivity contribution in [2.45, 2.75) is 13.1 Å². The van der Waals surface area contributed by atoms with E-state index in [1.54, 1.807) is 22.9 Å². The molecule has 0 aliphatic heterocycles. The Bertz CT molecular complexity index is 1370. The first-order chi connectivity index (χ1) is 16.0. The van der Waals surface area contributed by atoms with E-state index < -0.39 is 4.92 Å². The molecule has 166 valence electrons. The molecule has 4 rings (SSSR count). The number of nitro benzene ring substituents is 1. The number of amides is 1. The Kier molecular flexibility index (Phi) is 6.35. The molecule has 0 saturated carbocycles. The summed E-state index contributed by atoms with van der Waals surface area (Å²) in [6, 6.07) is 15.5. The standard InChI is InChI=1S/C23H20N6O4/c30-21(11-8-17-6-9-19(10-7-17)29(32)33)24-12-13-28-22-20(14-26-28)23(31)27(16-25-22)15-18-4-2-1-3-5-18/h1-11,14,16H,12-13,15H2,(H,24,30)/b11-8-. The van der Waals surface area contributed by atoms with Crippen molar-refractivity contribution in [3.05, 3.63) is 105 Å². The molecule has 0 atom stereocenters. The van der Waals surface area contributed by atoms with Gasteiger partial charge < -0.3 is 5.32 Å². The normalized spacial score (nSPS) is 11.2. The molecule has 33 heavy (non-hydrogen) atoms. The third kappa shape index (κ3) is 5.18. The molecule has 10 heteroatoms. The second kappa shape index (κ2) is 9.69. The fourth-order valence-corrected chi connectivity index (χ4v) is 3.28. The lowest BCUT2D eigenvalue weighted by molar-refractivity contribution is -0.384. The van der Waals surface area contributed by atoms with E-state index in [0.29, 0.717) is 29.7 Å². The Morgan fingerprint density at radius 2 is 1.88 bits per heavy atom. The lowest BCUT2D eigenvalue weighted by Crippen LogP contribution is -2.26. The third-order valence-electron chi connectivity index (χ3n) is 4.97. The van der Waals surface area contributed by atoms with E-state index in [4.69, 9.17) is 0 Å². The molecular formula is C23H20N6O4. The van der Waals surface area contributed by atoms with Crippen LogP contribution >= 0.6 is 0 Å². The van der Waals surface area contributed by atoms with Crippen LogP contribution in [0.2, 0.25) is 0 Å². The maximum atomic E-state index is 12.8. The van der Waals surface area contributed by atoms with Gasteiger partial charge in [-0.15, -0.1) is 0 Å². The Morgan fingerprint density at radius 3 is 2.61 bits per heavy atom. The van der Waals surface area contributed by atoms with Gasteiger partial charge in [-0.25, -0.2) is 9.67 Å². The second-order valence-corrected chi connectivity index (χ2v) is 7.24. The maximum absolute atomic E-state index is 12.8. The molecule has 1 amide bonds. The first kappa shape index (κ1) is 21.6. The van der Waals surface area contributed by atoms with Gasteiger partial charge in [0, 0.05) is 24.8 Å². The van der Waals surface area contributed by atoms with Crippen LogP contribution in [-0.2, 0) is 17.9 Å². The van der Waals surface area contributed by atoms with Gasteiger partial charge in [-0.1, -0.05) is 30.3 Å². The van der Waals surface area contributed by atoms with Gasteiger partial charge in [-0.2, -0.15) is 5.10 Å². The first-order valence-corrected chi connectivity index (χ1v) is 10.2. The molecule has 0 saturated heterocycles. The highest BCUT2D eigenvalue weighted by atomic mass is 16.6. The minimum absolute atomic E-state index is 0.0107. The van der Waals surface area contributed by atoms with E-state index in [-0.39, 0.29) is 23.7 Å². The molecule has 10 nitrogen and oxygen atoms in total. The predicted molar refractivity (Wildman–Crippen MR) is 122 cm³/mol. The number of nitrogens with one attached hydrogen (secondary N) is 1. The van der Waals surface area contributed by atoms with Crippen LogP contribution in [0.25, 0.3) is 17.1 Å². The topological polar surface area (TPSA) is 125 Å². The number of nitrogens with zero attached hydrogens (tertiary/aromatic N) is 5. The Morgan fingerprint density at radius 1 is 1.12 bits per heavy atom. The molecule has 0 aliphatic carbocycles. The average molecular weight is 444 g/mol. The van der Waals surface area contributed by atoms with Crippen molar-refractivity contribution in [3.63, 3.8) is 0 Å². The zero-order valence-corrected chi connectivity index (χ0v) is 17.5. The first-order valence-electron chi connectivity index (χ1n) is 10.2. The predicted octanol–water partition coefficient (Wildman–Crippen LogP) is 2.38. The van der Waals surface area contributed by atoms with Crippen molar-refractivity contribution in [1.29, 1.82) is 0 Å². The number of hydrogen-bond donors (Lipinski definition) is 1. The Hall–Kier alpha value is -4.60. The van der Waals surface area contributed by atoms with Gasteiger partial charge in [0.25, 0.3) is 11.2 Å². The van der Waals surface area contributed by atoms with Crippen LogP contribution in [0.5, 0.6) is 0 Å². The SMILES string of the molecule is O=C(/C=C\c1ccc([N+](=O)[O-])cc1)NCCn1ncc2c(=O)n(Cc3ccccc3)cnc21. The molecule has 2 heterocycles. The lowest BCUT2D eigenvalue weighted by Gasteiger charge is -2.07. The smallest absolute Gasteiger partial charge is 0.269 e. The third-order valence-corrected chi connectivity index (χ3v) is 4.97. The zero-order valence-electron chi connectivity index (χ0n) is 17.5. The van der Waals surface area contributed by atoms with Gasteiger partial charge in [-0.05, 0) is 29.3 Å². The van der Waals surface area contributed by atoms with E-state index in [1.165, 1.54) is 35.3 Å². The molecule has 2 aromatic carbocycles. The van der Waals surface area contributed by atoms with Crippen molar-refractivity contribution in [3.8, 4) is 0 Å². The minimum Gasteiger partial charge on any atom is -0.351 e. The fourth-order valence-electron chi connectivity index (χ4n) is 3.28. The van der Waals surface area contributed by atoms with E-state index in [0.717, 1.165) is 5.56 Å². The summed E-state index contributed by atoms with van der Waals surface area (Å²) in [4.78, 5) is 39.4. The molecule has 0 fully saturated rings. The van der Waals surface area contributed by atoms with E-state index in [9.17, 15) is 19.7 Å². The number of non-ortho nitro benzene ring substituents is 1. The number of rotatable bonds is 8. The van der Waals surface area contributed by atoms with E-state index in [2.05, 4.69) is 15.4 Å². The summed E-state index contributed by atoms with van der Waals surface area (Å²) in [6.07, 6.45) is 5.91. The summed E-state index contributed by atoms with van der Waals surface area (Å²) < 4.78 is 3.11. The lowest BCUT2D eigenvalue weighted by atomic mass is 10.2. The molecule has 0 aliphatic rings. The van der Waals surface area contributed by atoms with Gasteiger partial charge in [-0.3, -0.25) is 24.3 Å². The molecule has 2 aromatic heterocycles. The quantitative estimate of drug-likeness (QED) is 0.253. The van der Waals surface area contributed by atoms with Crippen molar-refractivity contribution < 1.29 is 9.72 Å². The van der Waals surface area contributed by atoms with E-state index >= 15 is 0 Å². The van der Waals surface area contributed by atoms with Gasteiger partial charge in [0.05, 0.1) is 24.2 Å². The fraction of sp³-hybridized carbons (Fsp3) is 0.130. The number of carbonyl (C=O) groups excluding carboxylic acids is 1. The summed E-state index contributed by atoms with van der Waals surface area (Å²) in [5.74, 6) is -0.317. The molecule has 1 N–H and O–H groups in total. The molecular weight excluding hydrogens is 424 g/mol. The number of nitro groups is 1. The molecule has 0 unspecified atom stereocenters. The number of benzene rings is 2. The Balaban J connectivity index is 1.35. The highest BCUT2D eigenvalue weighted by Crippen LogP contribution is 2.12. The van der Waals surface area contributed by atoms with Crippen molar-refractivity contribution in [2.24, 2.45) is 0 Å². The summed E-state index contributed by atoms with van der Waals surface area (Å²) in [6.45, 7) is 1.05. The van der Waals surface area contributed by atoms with Crippen molar-refractivity contribution in [1.82, 2.24) is 24.6 Å². The summed E-state index contributed by atoms with van der Waals surface area (Å²) >= 11 is 0. The van der Waals surface area contributed by atoms with Gasteiger partial charge in [0.1, 0.15) is 11.7 Å². The van der Waals surface area contributed by atoms with Gasteiger partial charge in [0.2, 0.25) is 5.91 Å². The highest BCUT2D eigenvalue weighted by molar-refractivity contribution is 5.91. The summed E-state index contributed by atoms with van der Waals surface area (Å²) in [5, 5.41) is 18.1. The van der Waals surface area contributed by atoms with Crippen LogP contribution in [0.4, 0.5) is 5.69 Å². The van der Waals surface area contributed by atoms with Crippen molar-refractivity contribution >= 4 is 28.7 Å². The summed E-state index contributed by atoms with van der Waals surface area (Å²) in [5.41, 5.74) is 1.94. The molecule has 4 aromatic rings. The molecule has 0 bridgehead atoms. The van der Waals surface area contributed by atoms with Crippen LogP contribution in [0.1, 0.15) is 11.1 Å². The molecule has 0 spiro atoms. The van der Waals surface area contributed by atoms with Crippen LogP contribution in [0.15, 0.2) is 78.0 Å². The minimum atomic E-state index is -0.480. The zero-order chi connectivity index (χ0) is 23.2. The van der Waals surface area contributed by atoms with E-state index in [1.807, 2.05) is 30.3 Å². The van der Waals surface area contributed by atoms with Crippen molar-refractivity contribution in [2.75, 3.05) is 6.54 Å². The number of carbonyl (C=O) groups is 1. The van der Waals surface area contributed by atoms with Gasteiger partial charge in [0.15, 0.2) is 5.65 Å². The number of aromatic nitrogens is 4. The summed E-state index contributed by atoms with van der Waals surface area (Å²) in [7, 11) is 0. The monoisotopic (exact) mass is 444 g/mol. The van der Waals surface area contributed by atoms with Crippen LogP contribution < -0.4 is 10.9 Å². The Labute approximate surface area is 188 Å².